The van der Waals surface area contributed by atoms with Gasteiger partial charge in [0.15, 0.2) is 0 Å². The van der Waals surface area contributed by atoms with Crippen LogP contribution in [0.1, 0.15) is 32.0 Å². The Morgan fingerprint density at radius 2 is 2.10 bits per heavy atom. The molecule has 0 aliphatic carbocycles. The molecule has 2 aliphatic heterocycles. The zero-order valence-electron chi connectivity index (χ0n) is 13.4. The van der Waals surface area contributed by atoms with Gasteiger partial charge in [-0.2, -0.15) is 4.98 Å². The molecule has 2 fully saturated rings. The van der Waals surface area contributed by atoms with Crippen LogP contribution in [-0.2, 0) is 0 Å². The predicted octanol–water partition coefficient (Wildman–Crippen LogP) is 2.11. The molecule has 2 aliphatic rings. The van der Waals surface area contributed by atoms with Crippen molar-refractivity contribution in [2.24, 2.45) is 5.41 Å². The molecule has 2 saturated heterocycles. The molecule has 1 unspecified atom stereocenters. The van der Waals surface area contributed by atoms with Gasteiger partial charge in [0, 0.05) is 31.1 Å². The van der Waals surface area contributed by atoms with Crippen molar-refractivity contribution in [2.75, 3.05) is 44.7 Å². The van der Waals surface area contributed by atoms with E-state index in [1.54, 1.807) is 0 Å². The van der Waals surface area contributed by atoms with E-state index >= 15 is 0 Å². The topological polar surface area (TPSA) is 41.5 Å². The second kappa shape index (κ2) is 5.79. The zero-order chi connectivity index (χ0) is 14.9. The third-order valence-corrected chi connectivity index (χ3v) is 4.71. The van der Waals surface area contributed by atoms with Crippen LogP contribution >= 0.6 is 0 Å². The number of hydrogen-bond acceptors (Lipinski definition) is 5. The number of ether oxygens (including phenoxy) is 1. The quantitative estimate of drug-likeness (QED) is 0.853. The van der Waals surface area contributed by atoms with Crippen LogP contribution in [0.5, 0.6) is 5.88 Å². The fourth-order valence-corrected chi connectivity index (χ4v) is 3.83. The van der Waals surface area contributed by atoms with Gasteiger partial charge in [0.05, 0.1) is 6.61 Å². The lowest BCUT2D eigenvalue weighted by atomic mass is 9.79. The summed E-state index contributed by atoms with van der Waals surface area (Å²) in [6.07, 6.45) is 3.93. The third-order valence-electron chi connectivity index (χ3n) is 4.71. The van der Waals surface area contributed by atoms with Gasteiger partial charge in [0.1, 0.15) is 11.6 Å². The normalized spacial score (nSPS) is 26.5. The van der Waals surface area contributed by atoms with Gasteiger partial charge in [0.2, 0.25) is 5.88 Å². The van der Waals surface area contributed by atoms with Crippen LogP contribution in [0.2, 0.25) is 0 Å². The molecule has 1 aromatic rings. The van der Waals surface area contributed by atoms with Gasteiger partial charge >= 0.3 is 0 Å². The molecule has 0 amide bonds. The molecule has 1 aromatic heterocycles. The van der Waals surface area contributed by atoms with Gasteiger partial charge < -0.3 is 14.5 Å². The number of anilines is 1. The van der Waals surface area contributed by atoms with E-state index in [0.29, 0.717) is 17.9 Å². The first-order chi connectivity index (χ1) is 10.1. The number of hydrogen-bond donors (Lipinski definition) is 0. The fraction of sp³-hybridized carbons (Fsp3) is 0.750. The van der Waals surface area contributed by atoms with Crippen LogP contribution in [0.4, 0.5) is 5.82 Å². The van der Waals surface area contributed by atoms with Crippen molar-refractivity contribution < 1.29 is 4.74 Å². The van der Waals surface area contributed by atoms with E-state index in [1.807, 2.05) is 19.9 Å². The van der Waals surface area contributed by atoms with Gasteiger partial charge in [-0.15, -0.1) is 0 Å². The molecule has 5 heteroatoms. The lowest BCUT2D eigenvalue weighted by Gasteiger charge is -2.38. The van der Waals surface area contributed by atoms with Crippen LogP contribution < -0.4 is 9.64 Å². The minimum atomic E-state index is 0.456. The summed E-state index contributed by atoms with van der Waals surface area (Å²) >= 11 is 0. The van der Waals surface area contributed by atoms with Gasteiger partial charge in [-0.3, -0.25) is 0 Å². The molecule has 1 atom stereocenters. The van der Waals surface area contributed by atoms with Crippen molar-refractivity contribution >= 4 is 5.82 Å². The Morgan fingerprint density at radius 1 is 1.24 bits per heavy atom. The predicted molar refractivity (Wildman–Crippen MR) is 83.9 cm³/mol. The summed E-state index contributed by atoms with van der Waals surface area (Å²) in [5, 5.41) is 0. The molecule has 5 nitrogen and oxygen atoms in total. The number of rotatable bonds is 3. The minimum absolute atomic E-state index is 0.456. The first-order valence-corrected chi connectivity index (χ1v) is 8.02. The first kappa shape index (κ1) is 14.6. The highest BCUT2D eigenvalue weighted by atomic mass is 16.5. The standard InChI is InChI=1S/C16H26N4O/c1-4-21-15-10-14(17-13(2)18-15)20-9-7-16(12-20)6-5-8-19(3)11-16/h10H,4-9,11-12H2,1-3H3. The van der Waals surface area contributed by atoms with E-state index in [-0.39, 0.29) is 0 Å². The van der Waals surface area contributed by atoms with Crippen molar-refractivity contribution in [3.8, 4) is 5.88 Å². The van der Waals surface area contributed by atoms with E-state index in [2.05, 4.69) is 26.8 Å². The molecule has 3 rings (SSSR count). The van der Waals surface area contributed by atoms with E-state index < -0.39 is 0 Å². The van der Waals surface area contributed by atoms with Crippen LogP contribution in [-0.4, -0.2) is 54.7 Å². The molecule has 0 aromatic carbocycles. The maximum atomic E-state index is 5.55. The summed E-state index contributed by atoms with van der Waals surface area (Å²) in [4.78, 5) is 13.8. The Labute approximate surface area is 127 Å². The van der Waals surface area contributed by atoms with Crippen LogP contribution in [0, 0.1) is 12.3 Å². The van der Waals surface area contributed by atoms with Crippen LogP contribution in [0.15, 0.2) is 6.07 Å². The number of likely N-dealkylation sites (tertiary alicyclic amines) is 1. The number of aromatic nitrogens is 2. The smallest absolute Gasteiger partial charge is 0.218 e. The summed E-state index contributed by atoms with van der Waals surface area (Å²) in [5.74, 6) is 2.51. The second-order valence-electron chi connectivity index (χ2n) is 6.56. The Bertz CT molecular complexity index is 507. The molecule has 116 valence electrons. The highest BCUT2D eigenvalue weighted by Crippen LogP contribution is 2.40. The second-order valence-corrected chi connectivity index (χ2v) is 6.56. The molecule has 3 heterocycles. The molecule has 0 radical (unpaired) electrons. The zero-order valence-corrected chi connectivity index (χ0v) is 13.4. The highest BCUT2D eigenvalue weighted by molar-refractivity contribution is 5.43. The maximum absolute atomic E-state index is 5.55. The SMILES string of the molecule is CCOc1cc(N2CCC3(CCCN(C)C3)C2)nc(C)n1. The third kappa shape index (κ3) is 3.12. The van der Waals surface area contributed by atoms with Gasteiger partial charge in [-0.25, -0.2) is 4.98 Å². The van der Waals surface area contributed by atoms with Crippen molar-refractivity contribution in [3.63, 3.8) is 0 Å². The van der Waals surface area contributed by atoms with Gasteiger partial charge in [-0.05, 0) is 46.7 Å². The monoisotopic (exact) mass is 290 g/mol. The first-order valence-electron chi connectivity index (χ1n) is 8.02. The maximum Gasteiger partial charge on any atom is 0.218 e. The molecule has 1 spiro atoms. The molecule has 0 N–H and O–H groups in total. The molecular weight excluding hydrogens is 264 g/mol. The fourth-order valence-electron chi connectivity index (χ4n) is 3.83. The summed E-state index contributed by atoms with van der Waals surface area (Å²) in [6, 6.07) is 1.99. The van der Waals surface area contributed by atoms with E-state index in [4.69, 9.17) is 4.74 Å². The van der Waals surface area contributed by atoms with Gasteiger partial charge in [-0.1, -0.05) is 0 Å². The van der Waals surface area contributed by atoms with Gasteiger partial charge in [0.25, 0.3) is 0 Å². The summed E-state index contributed by atoms with van der Waals surface area (Å²) < 4.78 is 5.55. The average molecular weight is 290 g/mol. The Morgan fingerprint density at radius 3 is 2.86 bits per heavy atom. The minimum Gasteiger partial charge on any atom is -0.478 e. The van der Waals surface area contributed by atoms with E-state index in [0.717, 1.165) is 24.7 Å². The average Bonchev–Trinajstić information content (AvgIpc) is 2.82. The Balaban J connectivity index is 1.76. The van der Waals surface area contributed by atoms with Crippen LogP contribution in [0.3, 0.4) is 0 Å². The Hall–Kier alpha value is -1.36. The van der Waals surface area contributed by atoms with Crippen molar-refractivity contribution in [1.82, 2.24) is 14.9 Å². The molecular formula is C16H26N4O. The number of nitrogens with zero attached hydrogens (tertiary/aromatic N) is 4. The number of aryl methyl sites for hydroxylation is 1. The molecule has 0 saturated carbocycles. The van der Waals surface area contributed by atoms with E-state index in [1.165, 1.54) is 32.4 Å². The van der Waals surface area contributed by atoms with Crippen LogP contribution in [0.25, 0.3) is 0 Å². The van der Waals surface area contributed by atoms with Crippen molar-refractivity contribution in [1.29, 1.82) is 0 Å². The number of piperidine rings is 1. The largest absolute Gasteiger partial charge is 0.478 e. The Kier molecular flexibility index (Phi) is 4.02. The van der Waals surface area contributed by atoms with Crippen molar-refractivity contribution in [3.05, 3.63) is 11.9 Å². The summed E-state index contributed by atoms with van der Waals surface area (Å²) in [6.45, 7) is 9.22. The lowest BCUT2D eigenvalue weighted by molar-refractivity contribution is 0.128. The summed E-state index contributed by atoms with van der Waals surface area (Å²) in [5.41, 5.74) is 0.456. The molecule has 21 heavy (non-hydrogen) atoms. The molecule has 0 bridgehead atoms. The van der Waals surface area contributed by atoms with Crippen molar-refractivity contribution in [2.45, 2.75) is 33.1 Å². The highest BCUT2D eigenvalue weighted by Gasteiger charge is 2.41. The lowest BCUT2D eigenvalue weighted by Crippen LogP contribution is -2.43. The summed E-state index contributed by atoms with van der Waals surface area (Å²) in [7, 11) is 2.24. The van der Waals surface area contributed by atoms with E-state index in [9.17, 15) is 0 Å².